The number of quaternary nitrogens is 1. The Hall–Kier alpha value is -2.35. The lowest BCUT2D eigenvalue weighted by molar-refractivity contribution is -0.921. The van der Waals surface area contributed by atoms with Crippen LogP contribution in [0.25, 0.3) is 11.3 Å². The highest BCUT2D eigenvalue weighted by Gasteiger charge is 2.30. The standard InChI is InChI=1S/C11H7F3N2O2.C8H20N/c12-11(13,14)7-3-1-6(2-4-7)8-5-9(10(17)18)16-15-8;1-5-9(6-2,7-3)8-4/h1-5H,(H,15,16)(H,17,18);5-8H2,1-4H3/q;+1/p-1. The highest BCUT2D eigenvalue weighted by Crippen LogP contribution is 2.30. The average molecular weight is 385 g/mol. The van der Waals surface area contributed by atoms with E-state index in [0.29, 0.717) is 5.56 Å². The van der Waals surface area contributed by atoms with E-state index in [4.69, 9.17) is 0 Å². The number of aromatic carboxylic acids is 1. The first-order valence-corrected chi connectivity index (χ1v) is 8.91. The smallest absolute Gasteiger partial charge is 0.416 e. The van der Waals surface area contributed by atoms with Gasteiger partial charge in [0, 0.05) is 5.56 Å². The molecule has 0 atom stereocenters. The molecule has 0 fully saturated rings. The zero-order valence-corrected chi connectivity index (χ0v) is 16.1. The maximum absolute atomic E-state index is 12.3. The number of rotatable bonds is 6. The van der Waals surface area contributed by atoms with Crippen LogP contribution >= 0.6 is 0 Å². The van der Waals surface area contributed by atoms with E-state index in [0.717, 1.165) is 12.1 Å². The second-order valence-electron chi connectivity index (χ2n) is 6.14. The molecule has 1 aromatic carbocycles. The van der Waals surface area contributed by atoms with Crippen molar-refractivity contribution in [2.24, 2.45) is 0 Å². The van der Waals surface area contributed by atoms with Gasteiger partial charge in [0.1, 0.15) is 0 Å². The van der Waals surface area contributed by atoms with Crippen molar-refractivity contribution in [2.75, 3.05) is 26.2 Å². The predicted octanol–water partition coefficient (Wildman–Crippen LogP) is 3.34. The molecule has 0 aliphatic heterocycles. The summed E-state index contributed by atoms with van der Waals surface area (Å²) in [4.78, 5) is 10.5. The van der Waals surface area contributed by atoms with Crippen molar-refractivity contribution in [3.05, 3.63) is 41.6 Å². The third-order valence-electron chi connectivity index (χ3n) is 4.99. The van der Waals surface area contributed by atoms with Gasteiger partial charge >= 0.3 is 6.18 Å². The van der Waals surface area contributed by atoms with Gasteiger partial charge in [-0.2, -0.15) is 18.3 Å². The number of benzene rings is 1. The zero-order valence-electron chi connectivity index (χ0n) is 16.1. The van der Waals surface area contributed by atoms with E-state index >= 15 is 0 Å². The quantitative estimate of drug-likeness (QED) is 0.776. The summed E-state index contributed by atoms with van der Waals surface area (Å²) in [6.07, 6.45) is -4.40. The van der Waals surface area contributed by atoms with Crippen LogP contribution in [-0.2, 0) is 6.18 Å². The predicted molar refractivity (Wildman–Crippen MR) is 95.8 cm³/mol. The third-order valence-corrected chi connectivity index (χ3v) is 4.99. The number of aromatic amines is 1. The first-order valence-electron chi connectivity index (χ1n) is 8.91. The summed E-state index contributed by atoms with van der Waals surface area (Å²) in [5, 5.41) is 16.4. The average Bonchev–Trinajstić information content (AvgIpc) is 3.15. The first kappa shape index (κ1) is 22.7. The van der Waals surface area contributed by atoms with E-state index in [2.05, 4.69) is 37.9 Å². The minimum atomic E-state index is -4.40. The van der Waals surface area contributed by atoms with Gasteiger partial charge in [-0.3, -0.25) is 5.10 Å². The summed E-state index contributed by atoms with van der Waals surface area (Å²) in [5.74, 6) is -1.43. The Morgan fingerprint density at radius 1 is 1.04 bits per heavy atom. The van der Waals surface area contributed by atoms with E-state index in [-0.39, 0.29) is 11.4 Å². The van der Waals surface area contributed by atoms with Gasteiger partial charge in [0.25, 0.3) is 0 Å². The molecule has 0 saturated heterocycles. The maximum atomic E-state index is 12.3. The number of carboxylic acid groups (broad SMARTS) is 1. The minimum absolute atomic E-state index is 0.232. The molecule has 0 spiro atoms. The van der Waals surface area contributed by atoms with Crippen LogP contribution in [0.1, 0.15) is 43.7 Å². The van der Waals surface area contributed by atoms with Crippen molar-refractivity contribution in [3.63, 3.8) is 0 Å². The van der Waals surface area contributed by atoms with Crippen LogP contribution < -0.4 is 5.11 Å². The van der Waals surface area contributed by atoms with E-state index in [1.165, 1.54) is 48.9 Å². The molecule has 1 aromatic heterocycles. The minimum Gasteiger partial charge on any atom is -0.543 e. The fourth-order valence-corrected chi connectivity index (χ4v) is 2.75. The van der Waals surface area contributed by atoms with Crippen LogP contribution in [0.5, 0.6) is 0 Å². The molecule has 5 nitrogen and oxygen atoms in total. The highest BCUT2D eigenvalue weighted by molar-refractivity contribution is 5.85. The molecule has 2 aromatic rings. The molecule has 0 radical (unpaired) electrons. The number of alkyl halides is 3. The van der Waals surface area contributed by atoms with Crippen LogP contribution in [0.2, 0.25) is 0 Å². The van der Waals surface area contributed by atoms with Gasteiger partial charge in [-0.15, -0.1) is 0 Å². The fraction of sp³-hybridized carbons (Fsp3) is 0.474. The van der Waals surface area contributed by atoms with Crippen LogP contribution in [0, 0.1) is 0 Å². The lowest BCUT2D eigenvalue weighted by Crippen LogP contribution is -2.47. The Bertz CT molecular complexity index is 703. The Morgan fingerprint density at radius 3 is 1.81 bits per heavy atom. The summed E-state index contributed by atoms with van der Waals surface area (Å²) in [5.41, 5.74) is -0.388. The van der Waals surface area contributed by atoms with Gasteiger partial charge in [0.15, 0.2) is 0 Å². The molecule has 2 rings (SSSR count). The van der Waals surface area contributed by atoms with Crippen LogP contribution in [0.4, 0.5) is 13.2 Å². The highest BCUT2D eigenvalue weighted by atomic mass is 19.4. The Balaban J connectivity index is 0.000000345. The first-order chi connectivity index (χ1) is 12.6. The van der Waals surface area contributed by atoms with Gasteiger partial charge in [0.2, 0.25) is 0 Å². The molecule has 27 heavy (non-hydrogen) atoms. The van der Waals surface area contributed by atoms with Crippen molar-refractivity contribution in [2.45, 2.75) is 33.9 Å². The van der Waals surface area contributed by atoms with Gasteiger partial charge in [-0.05, 0) is 45.9 Å². The normalized spacial score (nSPS) is 11.7. The number of carbonyl (C=O) groups excluding carboxylic acids is 1. The zero-order chi connectivity index (χ0) is 20.7. The maximum Gasteiger partial charge on any atom is 0.416 e. The van der Waals surface area contributed by atoms with E-state index < -0.39 is 17.7 Å². The molecular weight excluding hydrogens is 359 g/mol. The van der Waals surface area contributed by atoms with E-state index in [1.54, 1.807) is 0 Å². The van der Waals surface area contributed by atoms with Crippen molar-refractivity contribution in [3.8, 4) is 11.3 Å². The number of carbonyl (C=O) groups is 1. The van der Waals surface area contributed by atoms with Crippen molar-refractivity contribution in [1.82, 2.24) is 10.2 Å². The third kappa shape index (κ3) is 6.09. The van der Waals surface area contributed by atoms with Crippen molar-refractivity contribution >= 4 is 5.97 Å². The van der Waals surface area contributed by atoms with Gasteiger partial charge in [-0.25, -0.2) is 0 Å². The number of halogens is 3. The second kappa shape index (κ2) is 9.55. The fourth-order valence-electron chi connectivity index (χ4n) is 2.75. The molecule has 0 aliphatic carbocycles. The van der Waals surface area contributed by atoms with Crippen LogP contribution in [-0.4, -0.2) is 46.8 Å². The monoisotopic (exact) mass is 385 g/mol. The Kier molecular flexibility index (Phi) is 8.02. The summed E-state index contributed by atoms with van der Waals surface area (Å²) in [7, 11) is 0. The number of aromatic nitrogens is 2. The number of H-pyrrole nitrogens is 1. The van der Waals surface area contributed by atoms with Gasteiger partial charge < -0.3 is 14.4 Å². The molecule has 8 heteroatoms. The topological polar surface area (TPSA) is 68.8 Å². The van der Waals surface area contributed by atoms with E-state index in [9.17, 15) is 23.1 Å². The molecule has 0 saturated carbocycles. The van der Waals surface area contributed by atoms with Gasteiger partial charge in [0.05, 0.1) is 49.1 Å². The van der Waals surface area contributed by atoms with Crippen LogP contribution in [0.15, 0.2) is 30.3 Å². The van der Waals surface area contributed by atoms with Crippen molar-refractivity contribution < 1.29 is 27.6 Å². The Labute approximate surface area is 157 Å². The number of hydrogen-bond donors (Lipinski definition) is 1. The van der Waals surface area contributed by atoms with Crippen LogP contribution in [0.3, 0.4) is 0 Å². The number of nitrogens with zero attached hydrogens (tertiary/aromatic N) is 2. The number of nitrogens with one attached hydrogen (secondary N) is 1. The largest absolute Gasteiger partial charge is 0.543 e. The number of carboxylic acids is 1. The molecule has 1 heterocycles. The molecule has 1 N–H and O–H groups in total. The Morgan fingerprint density at radius 2 is 1.52 bits per heavy atom. The van der Waals surface area contributed by atoms with Crippen molar-refractivity contribution in [1.29, 1.82) is 0 Å². The summed E-state index contributed by atoms with van der Waals surface area (Å²) < 4.78 is 38.3. The molecular formula is C19H26F3N3O2. The van der Waals surface area contributed by atoms with E-state index in [1.807, 2.05) is 0 Å². The lowest BCUT2D eigenvalue weighted by atomic mass is 10.1. The number of hydrogen-bond acceptors (Lipinski definition) is 3. The molecule has 0 aliphatic rings. The second-order valence-corrected chi connectivity index (χ2v) is 6.14. The summed E-state index contributed by atoms with van der Waals surface area (Å²) >= 11 is 0. The van der Waals surface area contributed by atoms with Gasteiger partial charge in [-0.1, -0.05) is 12.1 Å². The lowest BCUT2D eigenvalue weighted by Gasteiger charge is -2.34. The summed E-state index contributed by atoms with van der Waals surface area (Å²) in [6, 6.07) is 5.44. The molecule has 0 amide bonds. The molecule has 0 unspecified atom stereocenters. The molecule has 0 bridgehead atoms. The molecule has 150 valence electrons. The SMILES string of the molecule is CC[N+](CC)(CC)CC.O=C([O-])c1cc(-c2ccc(C(F)(F)F)cc2)n[nH]1. The summed E-state index contributed by atoms with van der Waals surface area (Å²) in [6.45, 7) is 14.2.